The lowest BCUT2D eigenvalue weighted by Crippen LogP contribution is -2.05. The van der Waals surface area contributed by atoms with Crippen LogP contribution in [0.3, 0.4) is 0 Å². The minimum atomic E-state index is -3.50. The normalized spacial score (nSPS) is 12.6. The molecule has 150 valence electrons. The molecule has 3 aromatic rings. The lowest BCUT2D eigenvalue weighted by Gasteiger charge is -2.11. The van der Waals surface area contributed by atoms with E-state index in [1.165, 1.54) is 24.3 Å². The monoisotopic (exact) mass is 458 g/mol. The van der Waals surface area contributed by atoms with Crippen molar-refractivity contribution in [2.24, 2.45) is 0 Å². The zero-order chi connectivity index (χ0) is 21.3. The Morgan fingerprint density at radius 2 is 1.79 bits per heavy atom. The Kier molecular flexibility index (Phi) is 5.78. The molecule has 0 fully saturated rings. The molecule has 0 N–H and O–H groups in total. The number of sulfone groups is 1. The van der Waals surface area contributed by atoms with Gasteiger partial charge in [0.15, 0.2) is 15.7 Å². The Hall–Kier alpha value is -2.69. The molecule has 0 radical (unpaired) electrons. The summed E-state index contributed by atoms with van der Waals surface area (Å²) in [5.74, 6) is -4.23. The maximum atomic E-state index is 14.5. The number of benzene rings is 1. The van der Waals surface area contributed by atoms with Gasteiger partial charge in [-0.3, -0.25) is 14.3 Å². The molecule has 0 unspecified atom stereocenters. The smallest absolute Gasteiger partial charge is 0.273 e. The zero-order valence-electron chi connectivity index (χ0n) is 14.5. The molecule has 0 aliphatic rings. The van der Waals surface area contributed by atoms with E-state index in [1.807, 2.05) is 0 Å². The van der Waals surface area contributed by atoms with Crippen LogP contribution in [0.15, 0.2) is 53.3 Å². The van der Waals surface area contributed by atoms with Crippen molar-refractivity contribution < 1.29 is 22.0 Å². The highest BCUT2D eigenvalue weighted by molar-refractivity contribution is 7.90. The van der Waals surface area contributed by atoms with Gasteiger partial charge >= 0.3 is 0 Å². The molecule has 7 nitrogen and oxygen atoms in total. The number of carbonyl (C=O) groups excluding carboxylic acids is 1. The van der Waals surface area contributed by atoms with Gasteiger partial charge in [0.05, 0.1) is 15.6 Å². The predicted octanol–water partition coefficient (Wildman–Crippen LogP) is 3.76. The molecule has 3 rings (SSSR count). The van der Waals surface area contributed by atoms with Crippen molar-refractivity contribution in [2.45, 2.75) is 4.90 Å². The number of nitrogens with zero attached hydrogens (tertiary/aromatic N) is 4. The molecule has 0 amide bonds. The molecular weight excluding hydrogens is 449 g/mol. The molecule has 1 aromatic carbocycles. The minimum absolute atomic E-state index is 0.0462. The average molecular weight is 459 g/mol. The van der Waals surface area contributed by atoms with Crippen molar-refractivity contribution in [3.8, 4) is 17.2 Å². The molecule has 29 heavy (non-hydrogen) atoms. The first-order valence-electron chi connectivity index (χ1n) is 7.73. The van der Waals surface area contributed by atoms with Gasteiger partial charge in [-0.1, -0.05) is 23.7 Å². The summed E-state index contributed by atoms with van der Waals surface area (Å²) in [6.07, 6.45) is 2.10. The Balaban J connectivity index is 2.28. The Bertz CT molecular complexity index is 1240. The second-order valence-electron chi connectivity index (χ2n) is 5.69. The van der Waals surface area contributed by atoms with E-state index in [1.54, 1.807) is 12.1 Å². The second-order valence-corrected chi connectivity index (χ2v) is 8.45. The third-order valence-electron chi connectivity index (χ3n) is 3.71. The number of halogens is 4. The minimum Gasteiger partial charge on any atom is -0.273 e. The summed E-state index contributed by atoms with van der Waals surface area (Å²) in [7, 11) is -3.50. The van der Waals surface area contributed by atoms with Gasteiger partial charge in [-0.2, -0.15) is 8.78 Å². The van der Waals surface area contributed by atoms with Crippen LogP contribution in [0.2, 0.25) is 5.02 Å². The Morgan fingerprint density at radius 3 is 2.34 bits per heavy atom. The summed E-state index contributed by atoms with van der Waals surface area (Å²) in [5.41, 5.74) is 0.268. The van der Waals surface area contributed by atoms with Crippen LogP contribution in [-0.2, 0) is 14.6 Å². The van der Waals surface area contributed by atoms with Crippen molar-refractivity contribution in [2.75, 3.05) is 6.26 Å². The summed E-state index contributed by atoms with van der Waals surface area (Å²) in [6, 6.07) is 8.77. The third-order valence-corrected chi connectivity index (χ3v) is 5.29. The predicted molar refractivity (Wildman–Crippen MR) is 103 cm³/mol. The Morgan fingerprint density at radius 1 is 1.10 bits per heavy atom. The summed E-state index contributed by atoms with van der Waals surface area (Å²) in [4.78, 5) is 15.0. The highest BCUT2D eigenvalue weighted by Crippen LogP contribution is 2.31. The van der Waals surface area contributed by atoms with E-state index in [0.29, 0.717) is 0 Å². The van der Waals surface area contributed by atoms with E-state index in [-0.39, 0.29) is 27.1 Å². The number of allylic oxidation sites excluding steroid dienone is 1. The molecule has 0 bridgehead atoms. The molecule has 0 aliphatic carbocycles. The largest absolute Gasteiger partial charge is 0.284 e. The van der Waals surface area contributed by atoms with Crippen molar-refractivity contribution in [1.82, 2.24) is 19.7 Å². The molecule has 0 atom stereocenters. The van der Waals surface area contributed by atoms with Gasteiger partial charge in [-0.25, -0.2) is 8.42 Å². The quantitative estimate of drug-likeness (QED) is 0.426. The first-order valence-corrected chi connectivity index (χ1v) is 10.4. The van der Waals surface area contributed by atoms with Gasteiger partial charge in [0, 0.05) is 12.5 Å². The average Bonchev–Trinajstić information content (AvgIpc) is 3.11. The number of hydrogen-bond acceptors (Lipinski definition) is 6. The fourth-order valence-corrected chi connectivity index (χ4v) is 3.23. The lowest BCUT2D eigenvalue weighted by atomic mass is 10.2. The fourth-order valence-electron chi connectivity index (χ4n) is 2.37. The summed E-state index contributed by atoms with van der Waals surface area (Å²) in [6.45, 7) is 0. The van der Waals surface area contributed by atoms with Crippen LogP contribution in [0.4, 0.5) is 8.78 Å². The maximum Gasteiger partial charge on any atom is 0.284 e. The molecule has 0 saturated heterocycles. The molecule has 12 heteroatoms. The van der Waals surface area contributed by atoms with E-state index in [0.717, 1.165) is 17.0 Å². The molecule has 0 spiro atoms. The van der Waals surface area contributed by atoms with Crippen LogP contribution in [0, 0.1) is 0 Å². The first-order chi connectivity index (χ1) is 13.6. The fraction of sp³-hybridized carbons (Fsp3) is 0.0588. The SMILES string of the molecule is CS(=O)(=O)c1ccc(-c2nnc(/C(F)=C(\F)C(=O)Cl)n2-c2ccccc2Cl)nc1. The van der Waals surface area contributed by atoms with Gasteiger partial charge in [0.25, 0.3) is 5.24 Å². The van der Waals surface area contributed by atoms with Crippen molar-refractivity contribution in [3.05, 3.63) is 59.3 Å². The summed E-state index contributed by atoms with van der Waals surface area (Å²) in [5, 5.41) is 5.90. The number of pyridine rings is 1. The van der Waals surface area contributed by atoms with Crippen molar-refractivity contribution >= 4 is 44.1 Å². The highest BCUT2D eigenvalue weighted by atomic mass is 35.5. The number of rotatable bonds is 5. The number of para-hydroxylation sites is 1. The topological polar surface area (TPSA) is 94.8 Å². The standard InChI is InChI=1S/C17H10Cl2F2N4O3S/c1-29(27,28)9-6-7-11(22-8-9)16-23-24-17(14(21)13(20)15(19)26)25(16)12-5-3-2-4-10(12)18/h2-8H,1H3/b14-13+. The van der Waals surface area contributed by atoms with Gasteiger partial charge in [-0.05, 0) is 35.9 Å². The zero-order valence-corrected chi connectivity index (χ0v) is 16.8. The summed E-state index contributed by atoms with van der Waals surface area (Å²) >= 11 is 11.2. The number of aromatic nitrogens is 4. The van der Waals surface area contributed by atoms with Crippen LogP contribution in [0.1, 0.15) is 5.82 Å². The second kappa shape index (κ2) is 7.97. The maximum absolute atomic E-state index is 14.5. The molecule has 2 heterocycles. The van der Waals surface area contributed by atoms with E-state index < -0.39 is 32.6 Å². The van der Waals surface area contributed by atoms with Crippen molar-refractivity contribution in [3.63, 3.8) is 0 Å². The van der Waals surface area contributed by atoms with Gasteiger partial charge in [-0.15, -0.1) is 10.2 Å². The molecule has 0 saturated carbocycles. The number of carbonyl (C=O) groups is 1. The van der Waals surface area contributed by atoms with Crippen LogP contribution in [0.25, 0.3) is 23.0 Å². The third kappa shape index (κ3) is 4.19. The van der Waals surface area contributed by atoms with Gasteiger partial charge in [0.2, 0.25) is 17.5 Å². The molecular formula is C17H10Cl2F2N4O3S. The molecule has 0 aliphatic heterocycles. The molecule has 2 aromatic heterocycles. The lowest BCUT2D eigenvalue weighted by molar-refractivity contribution is -0.109. The van der Waals surface area contributed by atoms with Crippen LogP contribution in [0.5, 0.6) is 0 Å². The van der Waals surface area contributed by atoms with Gasteiger partial charge in [0.1, 0.15) is 5.69 Å². The van der Waals surface area contributed by atoms with Crippen LogP contribution in [-0.4, -0.2) is 39.7 Å². The van der Waals surface area contributed by atoms with Gasteiger partial charge < -0.3 is 0 Å². The van der Waals surface area contributed by atoms with Crippen molar-refractivity contribution in [1.29, 1.82) is 0 Å². The van der Waals surface area contributed by atoms with E-state index in [2.05, 4.69) is 15.2 Å². The summed E-state index contributed by atoms with van der Waals surface area (Å²) < 4.78 is 52.6. The Labute approximate surface area is 173 Å². The van der Waals surface area contributed by atoms with Crippen LogP contribution >= 0.6 is 23.2 Å². The number of hydrogen-bond donors (Lipinski definition) is 0. The van der Waals surface area contributed by atoms with E-state index >= 15 is 0 Å². The highest BCUT2D eigenvalue weighted by Gasteiger charge is 2.26. The first kappa shape index (κ1) is 21.0. The van der Waals surface area contributed by atoms with E-state index in [4.69, 9.17) is 23.2 Å². The van der Waals surface area contributed by atoms with Crippen LogP contribution < -0.4 is 0 Å². The van der Waals surface area contributed by atoms with E-state index in [9.17, 15) is 22.0 Å².